The summed E-state index contributed by atoms with van der Waals surface area (Å²) in [5.74, 6) is -0.660. The fourth-order valence-electron chi connectivity index (χ4n) is 4.61. The molecule has 0 spiro atoms. The van der Waals surface area contributed by atoms with E-state index >= 15 is 0 Å². The van der Waals surface area contributed by atoms with Gasteiger partial charge < -0.3 is 21.3 Å². The first kappa shape index (κ1) is 21.3. The summed E-state index contributed by atoms with van der Waals surface area (Å²) in [6, 6.07) is 9.88. The molecule has 2 aromatic carbocycles. The number of rotatable bonds is 4. The molecule has 3 aromatic rings. The highest BCUT2D eigenvalue weighted by Gasteiger charge is 2.56. The van der Waals surface area contributed by atoms with Crippen LogP contribution in [-0.2, 0) is 11.3 Å². The number of anilines is 1. The van der Waals surface area contributed by atoms with Gasteiger partial charge in [-0.2, -0.15) is 0 Å². The number of fused-ring (bicyclic) bond motifs is 2. The van der Waals surface area contributed by atoms with Crippen LogP contribution in [0.3, 0.4) is 0 Å². The number of nitrogens with zero attached hydrogens (tertiary/aromatic N) is 2. The summed E-state index contributed by atoms with van der Waals surface area (Å²) in [5, 5.41) is 6.21. The molecule has 5 rings (SSSR count). The van der Waals surface area contributed by atoms with Crippen LogP contribution in [0.4, 0.5) is 19.7 Å². The van der Waals surface area contributed by atoms with E-state index in [0.717, 1.165) is 6.42 Å². The van der Waals surface area contributed by atoms with Gasteiger partial charge in [-0.3, -0.25) is 9.36 Å². The Bertz CT molecular complexity index is 1290. The number of hydrogen-bond acceptors (Lipinski definition) is 3. The number of carbonyl (C=O) groups excluding carboxylic acids is 3. The number of likely N-dealkylation sites (tertiary alicyclic amines) is 1. The number of amides is 4. The molecule has 4 amide bonds. The minimum Gasteiger partial charge on any atom is -0.351 e. The average Bonchev–Trinajstić information content (AvgIpc) is 3.30. The number of benzene rings is 2. The Morgan fingerprint density at radius 3 is 2.70 bits per heavy atom. The zero-order valence-electron chi connectivity index (χ0n) is 17.4. The molecule has 33 heavy (non-hydrogen) atoms. The first-order valence-corrected chi connectivity index (χ1v) is 10.9. The topological polar surface area (TPSA) is 109 Å². The van der Waals surface area contributed by atoms with Crippen LogP contribution in [0.2, 0.25) is 5.02 Å². The number of halogens is 2. The van der Waals surface area contributed by atoms with E-state index in [9.17, 15) is 18.8 Å². The van der Waals surface area contributed by atoms with E-state index in [-0.39, 0.29) is 35.0 Å². The minimum absolute atomic E-state index is 0.0139. The summed E-state index contributed by atoms with van der Waals surface area (Å²) < 4.78 is 15.4. The van der Waals surface area contributed by atoms with Crippen LogP contribution in [0.15, 0.2) is 48.7 Å². The number of piperidine rings is 1. The van der Waals surface area contributed by atoms with Gasteiger partial charge in [-0.25, -0.2) is 14.0 Å². The highest BCUT2D eigenvalue weighted by Crippen LogP contribution is 2.48. The minimum atomic E-state index is -0.666. The lowest BCUT2D eigenvalue weighted by Gasteiger charge is -2.27. The van der Waals surface area contributed by atoms with Crippen LogP contribution >= 0.6 is 11.6 Å². The first-order valence-electron chi connectivity index (χ1n) is 10.5. The molecule has 4 N–H and O–H groups in total. The van der Waals surface area contributed by atoms with Crippen LogP contribution in [0.1, 0.15) is 18.4 Å². The molecule has 2 aliphatic rings. The van der Waals surface area contributed by atoms with E-state index in [0.29, 0.717) is 23.0 Å². The van der Waals surface area contributed by atoms with Gasteiger partial charge in [0.25, 0.3) is 0 Å². The molecule has 1 aliphatic carbocycles. The van der Waals surface area contributed by atoms with Gasteiger partial charge in [0.1, 0.15) is 11.9 Å². The van der Waals surface area contributed by atoms with Crippen molar-refractivity contribution in [3.05, 3.63) is 65.1 Å². The lowest BCUT2D eigenvalue weighted by Crippen LogP contribution is -2.49. The highest BCUT2D eigenvalue weighted by molar-refractivity contribution is 6.30. The number of urea groups is 1. The lowest BCUT2D eigenvalue weighted by atomic mass is 10.1. The largest absolute Gasteiger partial charge is 0.351 e. The summed E-state index contributed by atoms with van der Waals surface area (Å²) in [5.41, 5.74) is 6.73. The normalized spacial score (nSPS) is 21.0. The molecule has 2 heterocycles. The first-order chi connectivity index (χ1) is 15.8. The molecule has 1 saturated heterocycles. The molecular formula is C23H21ClFN5O3. The fourth-order valence-corrected chi connectivity index (χ4v) is 4.80. The maximum Gasteiger partial charge on any atom is 0.323 e. The zero-order chi connectivity index (χ0) is 23.3. The molecule has 2 fully saturated rings. The van der Waals surface area contributed by atoms with Gasteiger partial charge in [0.15, 0.2) is 0 Å². The molecule has 1 aliphatic heterocycles. The van der Waals surface area contributed by atoms with Gasteiger partial charge in [0.05, 0.1) is 16.2 Å². The number of nitrogens with one attached hydrogen (secondary N) is 2. The number of carbonyl (C=O) groups is 3. The Balaban J connectivity index is 1.33. The van der Waals surface area contributed by atoms with Gasteiger partial charge in [-0.05, 0) is 30.9 Å². The second kappa shape index (κ2) is 8.08. The quantitative estimate of drug-likeness (QED) is 0.542. The van der Waals surface area contributed by atoms with Crippen molar-refractivity contribution in [1.29, 1.82) is 0 Å². The van der Waals surface area contributed by atoms with Gasteiger partial charge in [0, 0.05) is 29.7 Å². The van der Waals surface area contributed by atoms with Gasteiger partial charge >= 0.3 is 12.1 Å². The number of primary amides is 1. The summed E-state index contributed by atoms with van der Waals surface area (Å²) in [7, 11) is 0. The van der Waals surface area contributed by atoms with Crippen LogP contribution in [0, 0.1) is 11.7 Å². The predicted octanol–water partition coefficient (Wildman–Crippen LogP) is 3.67. The van der Waals surface area contributed by atoms with Crippen molar-refractivity contribution in [2.75, 3.05) is 5.32 Å². The van der Waals surface area contributed by atoms with E-state index in [2.05, 4.69) is 10.6 Å². The van der Waals surface area contributed by atoms with Crippen LogP contribution < -0.4 is 16.4 Å². The monoisotopic (exact) mass is 469 g/mol. The van der Waals surface area contributed by atoms with Gasteiger partial charge in [-0.1, -0.05) is 41.9 Å². The van der Waals surface area contributed by atoms with E-state index in [1.165, 1.54) is 16.8 Å². The van der Waals surface area contributed by atoms with Crippen molar-refractivity contribution in [1.82, 2.24) is 14.8 Å². The Kier molecular flexibility index (Phi) is 5.20. The third kappa shape index (κ3) is 3.78. The van der Waals surface area contributed by atoms with Crippen molar-refractivity contribution in [2.24, 2.45) is 11.7 Å². The summed E-state index contributed by atoms with van der Waals surface area (Å²) in [4.78, 5) is 39.4. The summed E-state index contributed by atoms with van der Waals surface area (Å²) in [6.07, 6.45) is 2.86. The van der Waals surface area contributed by atoms with Crippen molar-refractivity contribution in [2.45, 2.75) is 31.5 Å². The zero-order valence-corrected chi connectivity index (χ0v) is 18.2. The molecular weight excluding hydrogens is 449 g/mol. The van der Waals surface area contributed by atoms with E-state index in [1.54, 1.807) is 41.3 Å². The van der Waals surface area contributed by atoms with Crippen molar-refractivity contribution >= 4 is 46.2 Å². The molecule has 8 nitrogen and oxygen atoms in total. The number of aromatic nitrogens is 1. The molecule has 0 bridgehead atoms. The predicted molar refractivity (Wildman–Crippen MR) is 121 cm³/mol. The molecule has 1 aromatic heterocycles. The van der Waals surface area contributed by atoms with Crippen molar-refractivity contribution < 1.29 is 18.8 Å². The maximum atomic E-state index is 14.1. The van der Waals surface area contributed by atoms with Gasteiger partial charge in [0.2, 0.25) is 5.91 Å². The van der Waals surface area contributed by atoms with E-state index < -0.39 is 23.9 Å². The number of nitrogens with two attached hydrogens (primary N) is 1. The average molecular weight is 470 g/mol. The smallest absolute Gasteiger partial charge is 0.323 e. The van der Waals surface area contributed by atoms with Crippen molar-refractivity contribution in [3.63, 3.8) is 0 Å². The molecule has 170 valence electrons. The van der Waals surface area contributed by atoms with Crippen molar-refractivity contribution in [3.8, 4) is 0 Å². The Labute approximate surface area is 193 Å². The van der Waals surface area contributed by atoms with Gasteiger partial charge in [-0.15, -0.1) is 0 Å². The van der Waals surface area contributed by atoms with Crippen LogP contribution in [-0.4, -0.2) is 39.5 Å². The third-order valence-corrected chi connectivity index (χ3v) is 6.61. The molecule has 10 heteroatoms. The molecule has 3 atom stereocenters. The third-order valence-electron chi connectivity index (χ3n) is 6.32. The highest BCUT2D eigenvalue weighted by atomic mass is 35.5. The number of para-hydroxylation sites is 1. The second-order valence-electron chi connectivity index (χ2n) is 8.35. The SMILES string of the molecule is NC(=O)n1cc(NC(=O)N2C3C[C@@H]3C[C@H]2C(=O)NCc2cccc(Cl)c2F)c2ccccc21. The fraction of sp³-hybridized carbons (Fsp3) is 0.261. The molecule has 1 saturated carbocycles. The second-order valence-corrected chi connectivity index (χ2v) is 8.76. The Morgan fingerprint density at radius 1 is 1.12 bits per heavy atom. The van der Waals surface area contributed by atoms with Crippen LogP contribution in [0.5, 0.6) is 0 Å². The lowest BCUT2D eigenvalue weighted by molar-refractivity contribution is -0.125. The standard InChI is InChI=1S/C23H21ClFN5O3/c24-15-6-3-4-12(20(15)25)10-27-21(31)19-9-13-8-18(13)30(19)23(33)28-16-11-29(22(26)32)17-7-2-1-5-14(16)17/h1-7,11,13,18-19H,8-10H2,(H2,26,32)(H,27,31)(H,28,33)/t13-,18?,19+/m1/s1. The molecule has 1 unspecified atom stereocenters. The Morgan fingerprint density at radius 2 is 1.91 bits per heavy atom. The Hall–Kier alpha value is -3.59. The molecule has 0 radical (unpaired) electrons. The van der Waals surface area contributed by atoms with E-state index in [1.807, 2.05) is 0 Å². The summed E-state index contributed by atoms with van der Waals surface area (Å²) >= 11 is 5.81. The summed E-state index contributed by atoms with van der Waals surface area (Å²) in [6.45, 7) is -0.0291. The maximum absolute atomic E-state index is 14.1. The van der Waals surface area contributed by atoms with Crippen LogP contribution in [0.25, 0.3) is 10.9 Å². The van der Waals surface area contributed by atoms with E-state index in [4.69, 9.17) is 17.3 Å². The number of hydrogen-bond donors (Lipinski definition) is 3.